The number of methoxy groups -OCH3 is 1. The summed E-state index contributed by atoms with van der Waals surface area (Å²) in [5, 5.41) is 0. The normalized spacial score (nSPS) is 19.1. The average molecular weight is 411 g/mol. The van der Waals surface area contributed by atoms with Crippen molar-refractivity contribution >= 4 is 11.9 Å². The summed E-state index contributed by atoms with van der Waals surface area (Å²) in [6, 6.07) is 0. The second-order valence-corrected chi connectivity index (χ2v) is 8.78. The zero-order valence-corrected chi connectivity index (χ0v) is 19.2. The molecule has 0 aromatic carbocycles. The minimum Gasteiger partial charge on any atom is -0.469 e. The zero-order chi connectivity index (χ0) is 21.2. The fraction of sp³-hybridized carbons (Fsp3) is 0.920. The van der Waals surface area contributed by atoms with Crippen molar-refractivity contribution in [1.29, 1.82) is 0 Å². The molecule has 0 heterocycles. The Morgan fingerprint density at radius 1 is 0.655 bits per heavy atom. The fourth-order valence-electron chi connectivity index (χ4n) is 4.42. The lowest BCUT2D eigenvalue weighted by Crippen LogP contribution is -2.34. The Balaban J connectivity index is 1.92. The molecule has 1 rings (SSSR count). The Morgan fingerprint density at radius 3 is 1.52 bits per heavy atom. The minimum atomic E-state index is -0.308. The maximum Gasteiger partial charge on any atom is 0.309 e. The highest BCUT2D eigenvalue weighted by Crippen LogP contribution is 2.32. The van der Waals surface area contributed by atoms with Gasteiger partial charge in [0.25, 0.3) is 0 Å². The monoisotopic (exact) mass is 410 g/mol. The number of unbranched alkanes of at least 4 members (excludes halogenated alkanes) is 13. The fourth-order valence-corrected chi connectivity index (χ4v) is 4.42. The molecule has 0 aromatic heterocycles. The molecule has 0 aliphatic heterocycles. The van der Waals surface area contributed by atoms with Crippen molar-refractivity contribution in [3.05, 3.63) is 0 Å². The summed E-state index contributed by atoms with van der Waals surface area (Å²) >= 11 is 0. The Hall–Kier alpha value is -1.06. The predicted octanol–water partition coefficient (Wildman–Crippen LogP) is 6.99. The number of rotatable bonds is 17. The van der Waals surface area contributed by atoms with E-state index in [1.54, 1.807) is 0 Å². The van der Waals surface area contributed by atoms with Crippen LogP contribution in [0.15, 0.2) is 0 Å². The maximum absolute atomic E-state index is 12.3. The molecule has 1 saturated carbocycles. The molecule has 1 aliphatic carbocycles. The Morgan fingerprint density at radius 2 is 1.07 bits per heavy atom. The van der Waals surface area contributed by atoms with Crippen LogP contribution in [0.2, 0.25) is 0 Å². The summed E-state index contributed by atoms with van der Waals surface area (Å²) in [6.45, 7) is 2.76. The van der Waals surface area contributed by atoms with Gasteiger partial charge in [0.2, 0.25) is 0 Å². The molecule has 1 aliphatic rings. The molecule has 0 radical (unpaired) electrons. The van der Waals surface area contributed by atoms with Crippen LogP contribution in [0.25, 0.3) is 0 Å². The number of esters is 2. The van der Waals surface area contributed by atoms with Crippen LogP contribution in [0, 0.1) is 11.8 Å². The quantitative estimate of drug-likeness (QED) is 0.191. The third kappa shape index (κ3) is 12.3. The summed E-state index contributed by atoms with van der Waals surface area (Å²) in [6.07, 6.45) is 21.9. The van der Waals surface area contributed by atoms with Crippen molar-refractivity contribution in [3.8, 4) is 0 Å². The van der Waals surface area contributed by atoms with Gasteiger partial charge in [0.1, 0.15) is 0 Å². The van der Waals surface area contributed by atoms with E-state index in [2.05, 4.69) is 6.92 Å². The second-order valence-electron chi connectivity index (χ2n) is 8.78. The minimum absolute atomic E-state index is 0.199. The van der Waals surface area contributed by atoms with E-state index in [-0.39, 0.29) is 23.8 Å². The molecule has 0 N–H and O–H groups in total. The number of hydrogen-bond acceptors (Lipinski definition) is 4. The van der Waals surface area contributed by atoms with Gasteiger partial charge in [-0.1, -0.05) is 103 Å². The first kappa shape index (κ1) is 26.0. The Labute approximate surface area is 179 Å². The average Bonchev–Trinajstić information content (AvgIpc) is 2.75. The molecule has 2 atom stereocenters. The van der Waals surface area contributed by atoms with Crippen molar-refractivity contribution in [2.24, 2.45) is 11.8 Å². The number of ether oxygens (including phenoxy) is 2. The van der Waals surface area contributed by atoms with Crippen molar-refractivity contribution < 1.29 is 19.1 Å². The first-order valence-electron chi connectivity index (χ1n) is 12.4. The van der Waals surface area contributed by atoms with Crippen LogP contribution in [-0.2, 0) is 19.1 Å². The van der Waals surface area contributed by atoms with Gasteiger partial charge in [-0.05, 0) is 19.3 Å². The summed E-state index contributed by atoms with van der Waals surface area (Å²) in [5.41, 5.74) is 0. The lowest BCUT2D eigenvalue weighted by molar-refractivity contribution is -0.161. The predicted molar refractivity (Wildman–Crippen MR) is 119 cm³/mol. The highest BCUT2D eigenvalue weighted by atomic mass is 16.5. The van der Waals surface area contributed by atoms with Crippen LogP contribution >= 0.6 is 0 Å². The molecule has 4 heteroatoms. The topological polar surface area (TPSA) is 52.6 Å². The molecular weight excluding hydrogens is 364 g/mol. The van der Waals surface area contributed by atoms with Crippen LogP contribution in [0.1, 0.15) is 122 Å². The molecule has 2 unspecified atom stereocenters. The summed E-state index contributed by atoms with van der Waals surface area (Å²) in [7, 11) is 1.40. The standard InChI is InChI=1S/C25H46O4/c1-3-4-5-6-7-8-9-10-11-12-13-14-15-18-21-29-25(27)23-20-17-16-19-22(23)24(26)28-2/h22-23H,3-21H2,1-2H3. The van der Waals surface area contributed by atoms with E-state index < -0.39 is 0 Å². The number of hydrogen-bond donors (Lipinski definition) is 0. The lowest BCUT2D eigenvalue weighted by Gasteiger charge is -2.27. The van der Waals surface area contributed by atoms with Gasteiger partial charge < -0.3 is 9.47 Å². The molecule has 1 fully saturated rings. The summed E-state index contributed by atoms with van der Waals surface area (Å²) in [4.78, 5) is 24.2. The Kier molecular flexibility index (Phi) is 15.9. The number of carbonyl (C=O) groups is 2. The largest absolute Gasteiger partial charge is 0.469 e. The van der Waals surface area contributed by atoms with Gasteiger partial charge in [-0.25, -0.2) is 0 Å². The molecular formula is C25H46O4. The molecule has 29 heavy (non-hydrogen) atoms. The van der Waals surface area contributed by atoms with Gasteiger partial charge >= 0.3 is 11.9 Å². The van der Waals surface area contributed by atoms with E-state index in [0.29, 0.717) is 6.61 Å². The van der Waals surface area contributed by atoms with Crippen LogP contribution in [0.3, 0.4) is 0 Å². The molecule has 0 saturated heterocycles. The maximum atomic E-state index is 12.3. The van der Waals surface area contributed by atoms with E-state index >= 15 is 0 Å². The van der Waals surface area contributed by atoms with Crippen LogP contribution in [0.4, 0.5) is 0 Å². The van der Waals surface area contributed by atoms with E-state index in [0.717, 1.165) is 38.5 Å². The van der Waals surface area contributed by atoms with Crippen LogP contribution < -0.4 is 0 Å². The molecule has 0 spiro atoms. The zero-order valence-electron chi connectivity index (χ0n) is 19.2. The van der Waals surface area contributed by atoms with Crippen molar-refractivity contribution in [2.75, 3.05) is 13.7 Å². The molecule has 0 bridgehead atoms. The third-order valence-electron chi connectivity index (χ3n) is 6.31. The third-order valence-corrected chi connectivity index (χ3v) is 6.31. The van der Waals surface area contributed by atoms with Crippen molar-refractivity contribution in [1.82, 2.24) is 0 Å². The van der Waals surface area contributed by atoms with E-state index in [1.807, 2.05) is 0 Å². The van der Waals surface area contributed by atoms with E-state index in [9.17, 15) is 9.59 Å². The number of carbonyl (C=O) groups excluding carboxylic acids is 2. The van der Waals surface area contributed by atoms with Crippen LogP contribution in [-0.4, -0.2) is 25.7 Å². The van der Waals surface area contributed by atoms with Gasteiger partial charge in [-0.3, -0.25) is 9.59 Å². The molecule has 170 valence electrons. The highest BCUT2D eigenvalue weighted by molar-refractivity contribution is 5.82. The molecule has 0 amide bonds. The Bertz CT molecular complexity index is 421. The first-order chi connectivity index (χ1) is 14.2. The second kappa shape index (κ2) is 17.8. The molecule has 0 aromatic rings. The smallest absolute Gasteiger partial charge is 0.309 e. The van der Waals surface area contributed by atoms with Crippen molar-refractivity contribution in [3.63, 3.8) is 0 Å². The van der Waals surface area contributed by atoms with E-state index in [4.69, 9.17) is 9.47 Å². The lowest BCUT2D eigenvalue weighted by atomic mass is 9.79. The van der Waals surface area contributed by atoms with Gasteiger partial charge in [0.05, 0.1) is 25.6 Å². The molecule has 4 nitrogen and oxygen atoms in total. The van der Waals surface area contributed by atoms with Gasteiger partial charge in [-0.2, -0.15) is 0 Å². The summed E-state index contributed by atoms with van der Waals surface area (Å²) < 4.78 is 10.3. The van der Waals surface area contributed by atoms with E-state index in [1.165, 1.54) is 84.2 Å². The van der Waals surface area contributed by atoms with Gasteiger partial charge in [-0.15, -0.1) is 0 Å². The SMILES string of the molecule is CCCCCCCCCCCCCCCCOC(=O)C1CCCCC1C(=O)OC. The van der Waals surface area contributed by atoms with Crippen LogP contribution in [0.5, 0.6) is 0 Å². The van der Waals surface area contributed by atoms with Crippen molar-refractivity contribution in [2.45, 2.75) is 122 Å². The van der Waals surface area contributed by atoms with Gasteiger partial charge in [0.15, 0.2) is 0 Å². The highest BCUT2D eigenvalue weighted by Gasteiger charge is 2.37. The summed E-state index contributed by atoms with van der Waals surface area (Å²) in [5.74, 6) is -1.07. The van der Waals surface area contributed by atoms with Gasteiger partial charge in [0, 0.05) is 0 Å². The first-order valence-corrected chi connectivity index (χ1v) is 12.4.